The van der Waals surface area contributed by atoms with Gasteiger partial charge in [-0.25, -0.2) is 4.39 Å². The molecule has 1 aromatic carbocycles. The Kier molecular flexibility index (Phi) is 5.17. The summed E-state index contributed by atoms with van der Waals surface area (Å²) in [6.07, 6.45) is 3.12. The number of benzene rings is 1. The van der Waals surface area contributed by atoms with Crippen molar-refractivity contribution < 1.29 is 9.50 Å². The van der Waals surface area contributed by atoms with Crippen molar-refractivity contribution >= 4 is 0 Å². The van der Waals surface area contributed by atoms with Crippen molar-refractivity contribution in [3.05, 3.63) is 35.6 Å². The van der Waals surface area contributed by atoms with Gasteiger partial charge in [-0.2, -0.15) is 0 Å². The van der Waals surface area contributed by atoms with E-state index < -0.39 is 0 Å². The molecule has 0 atom stereocenters. The van der Waals surface area contributed by atoms with Crippen LogP contribution in [0, 0.1) is 23.1 Å². The molecule has 0 amide bonds. The van der Waals surface area contributed by atoms with Crippen LogP contribution in [0.1, 0.15) is 31.7 Å². The molecule has 0 radical (unpaired) electrons. The number of rotatable bonds is 3. The lowest BCUT2D eigenvalue weighted by atomic mass is 9.77. The number of halogens is 1. The van der Waals surface area contributed by atoms with E-state index in [1.807, 2.05) is 0 Å². The normalized spacial score (nSPS) is 18.4. The van der Waals surface area contributed by atoms with Crippen molar-refractivity contribution in [3.63, 3.8) is 0 Å². The van der Waals surface area contributed by atoms with E-state index in [9.17, 15) is 9.50 Å². The quantitative estimate of drug-likeness (QED) is 0.857. The highest BCUT2D eigenvalue weighted by Gasteiger charge is 2.31. The molecule has 1 N–H and O–H groups in total. The first-order valence-electron chi connectivity index (χ1n) is 7.25. The topological polar surface area (TPSA) is 23.5 Å². The fourth-order valence-electron chi connectivity index (χ4n) is 2.60. The number of nitrogens with zero attached hydrogens (tertiary/aromatic N) is 1. The Morgan fingerprint density at radius 1 is 1.25 bits per heavy atom. The molecule has 1 aromatic rings. The highest BCUT2D eigenvalue weighted by atomic mass is 19.1. The highest BCUT2D eigenvalue weighted by molar-refractivity contribution is 5.34. The van der Waals surface area contributed by atoms with Gasteiger partial charge in [-0.05, 0) is 62.0 Å². The van der Waals surface area contributed by atoms with Crippen molar-refractivity contribution in [1.82, 2.24) is 4.90 Å². The minimum atomic E-state index is -0.230. The molecular weight excluding hydrogens is 253 g/mol. The van der Waals surface area contributed by atoms with Crippen LogP contribution in [0.5, 0.6) is 0 Å². The SMILES string of the molecule is CCC1(CO)CCN(CC#Cc2ccc(F)cc2)CC1. The van der Waals surface area contributed by atoms with Crippen LogP contribution in [0.2, 0.25) is 0 Å². The lowest BCUT2D eigenvalue weighted by Crippen LogP contribution is -2.41. The summed E-state index contributed by atoms with van der Waals surface area (Å²) in [5.74, 6) is 5.98. The molecule has 0 bridgehead atoms. The maximum Gasteiger partial charge on any atom is 0.123 e. The van der Waals surface area contributed by atoms with Crippen LogP contribution in [0.4, 0.5) is 4.39 Å². The lowest BCUT2D eigenvalue weighted by Gasteiger charge is -2.39. The first kappa shape index (κ1) is 15.0. The van der Waals surface area contributed by atoms with E-state index in [2.05, 4.69) is 23.7 Å². The zero-order chi connectivity index (χ0) is 14.4. The van der Waals surface area contributed by atoms with Gasteiger partial charge < -0.3 is 5.11 Å². The van der Waals surface area contributed by atoms with Gasteiger partial charge in [-0.1, -0.05) is 18.8 Å². The van der Waals surface area contributed by atoms with Gasteiger partial charge in [0, 0.05) is 12.2 Å². The summed E-state index contributed by atoms with van der Waals surface area (Å²) in [6, 6.07) is 6.27. The zero-order valence-corrected chi connectivity index (χ0v) is 12.0. The van der Waals surface area contributed by atoms with E-state index in [1.54, 1.807) is 12.1 Å². The average Bonchev–Trinajstić information content (AvgIpc) is 2.50. The van der Waals surface area contributed by atoms with E-state index in [1.165, 1.54) is 12.1 Å². The molecule has 2 rings (SSSR count). The third-order valence-electron chi connectivity index (χ3n) is 4.38. The number of hydrogen-bond donors (Lipinski definition) is 1. The fraction of sp³-hybridized carbons (Fsp3) is 0.529. The molecule has 0 unspecified atom stereocenters. The number of hydrogen-bond acceptors (Lipinski definition) is 2. The van der Waals surface area contributed by atoms with Gasteiger partial charge >= 0.3 is 0 Å². The zero-order valence-electron chi connectivity index (χ0n) is 12.0. The Morgan fingerprint density at radius 2 is 1.90 bits per heavy atom. The van der Waals surface area contributed by atoms with Gasteiger partial charge in [0.15, 0.2) is 0 Å². The van der Waals surface area contributed by atoms with Gasteiger partial charge in [0.25, 0.3) is 0 Å². The third-order valence-corrected chi connectivity index (χ3v) is 4.38. The van der Waals surface area contributed by atoms with Crippen molar-refractivity contribution in [2.24, 2.45) is 5.41 Å². The Hall–Kier alpha value is -1.37. The fourth-order valence-corrected chi connectivity index (χ4v) is 2.60. The van der Waals surface area contributed by atoms with Crippen molar-refractivity contribution in [2.75, 3.05) is 26.2 Å². The monoisotopic (exact) mass is 275 g/mol. The van der Waals surface area contributed by atoms with E-state index in [-0.39, 0.29) is 11.2 Å². The van der Waals surface area contributed by atoms with E-state index in [4.69, 9.17) is 0 Å². The van der Waals surface area contributed by atoms with Crippen LogP contribution in [0.25, 0.3) is 0 Å². The Labute approximate surface area is 120 Å². The van der Waals surface area contributed by atoms with Crippen LogP contribution in [-0.2, 0) is 0 Å². The van der Waals surface area contributed by atoms with Crippen LogP contribution >= 0.6 is 0 Å². The Morgan fingerprint density at radius 3 is 2.45 bits per heavy atom. The van der Waals surface area contributed by atoms with Crippen molar-refractivity contribution in [1.29, 1.82) is 0 Å². The summed E-state index contributed by atoms with van der Waals surface area (Å²) in [4.78, 5) is 2.32. The van der Waals surface area contributed by atoms with Crippen LogP contribution in [0.3, 0.4) is 0 Å². The minimum absolute atomic E-state index is 0.126. The van der Waals surface area contributed by atoms with Gasteiger partial charge in [-0.3, -0.25) is 4.90 Å². The largest absolute Gasteiger partial charge is 0.396 e. The van der Waals surface area contributed by atoms with Crippen molar-refractivity contribution in [3.8, 4) is 11.8 Å². The van der Waals surface area contributed by atoms with Crippen LogP contribution < -0.4 is 0 Å². The molecule has 1 aliphatic rings. The summed E-state index contributed by atoms with van der Waals surface area (Å²) in [6.45, 7) is 5.17. The van der Waals surface area contributed by atoms with Gasteiger partial charge in [0.1, 0.15) is 5.82 Å². The number of likely N-dealkylation sites (tertiary alicyclic amines) is 1. The molecule has 1 saturated heterocycles. The molecule has 0 spiro atoms. The second kappa shape index (κ2) is 6.88. The molecule has 2 nitrogen and oxygen atoms in total. The van der Waals surface area contributed by atoms with E-state index >= 15 is 0 Å². The van der Waals surface area contributed by atoms with Gasteiger partial charge in [-0.15, -0.1) is 0 Å². The molecule has 3 heteroatoms. The number of aliphatic hydroxyl groups is 1. The van der Waals surface area contributed by atoms with Gasteiger partial charge in [0.2, 0.25) is 0 Å². The smallest absolute Gasteiger partial charge is 0.123 e. The van der Waals surface area contributed by atoms with Gasteiger partial charge in [0.05, 0.1) is 6.54 Å². The predicted octanol–water partition coefficient (Wildman–Crippen LogP) is 2.66. The standard InChI is InChI=1S/C17H22FNO/c1-2-17(14-20)9-12-19(13-10-17)11-3-4-15-5-7-16(18)8-6-15/h5-8,20H,2,9-14H2,1H3. The summed E-state index contributed by atoms with van der Waals surface area (Å²) in [5, 5.41) is 9.50. The molecule has 1 heterocycles. The number of aliphatic hydroxyl groups excluding tert-OH is 1. The Balaban J connectivity index is 1.83. The summed E-state index contributed by atoms with van der Waals surface area (Å²) >= 11 is 0. The molecule has 0 saturated carbocycles. The predicted molar refractivity (Wildman–Crippen MR) is 78.8 cm³/mol. The third kappa shape index (κ3) is 3.82. The highest BCUT2D eigenvalue weighted by Crippen LogP contribution is 2.33. The Bertz CT molecular complexity index is 472. The second-order valence-electron chi connectivity index (χ2n) is 5.60. The van der Waals surface area contributed by atoms with Crippen molar-refractivity contribution in [2.45, 2.75) is 26.2 Å². The number of piperidine rings is 1. The first-order valence-corrected chi connectivity index (χ1v) is 7.25. The first-order chi connectivity index (χ1) is 9.67. The lowest BCUT2D eigenvalue weighted by molar-refractivity contribution is 0.0457. The molecule has 1 aliphatic heterocycles. The second-order valence-corrected chi connectivity index (χ2v) is 5.60. The molecule has 20 heavy (non-hydrogen) atoms. The van der Waals surface area contributed by atoms with Crippen LogP contribution in [-0.4, -0.2) is 36.2 Å². The minimum Gasteiger partial charge on any atom is -0.396 e. The maximum atomic E-state index is 12.8. The maximum absolute atomic E-state index is 12.8. The van der Waals surface area contributed by atoms with Crippen LogP contribution in [0.15, 0.2) is 24.3 Å². The molecule has 1 fully saturated rings. The van der Waals surface area contributed by atoms with E-state index in [0.29, 0.717) is 6.61 Å². The molecule has 108 valence electrons. The summed E-state index contributed by atoms with van der Waals surface area (Å²) < 4.78 is 12.8. The molecule has 0 aromatic heterocycles. The average molecular weight is 275 g/mol. The van der Waals surface area contributed by atoms with E-state index in [0.717, 1.165) is 44.5 Å². The summed E-state index contributed by atoms with van der Waals surface area (Å²) in [5.41, 5.74) is 0.975. The molecule has 0 aliphatic carbocycles. The molecular formula is C17H22FNO. The summed E-state index contributed by atoms with van der Waals surface area (Å²) in [7, 11) is 0.